The van der Waals surface area contributed by atoms with E-state index >= 15 is 0 Å². The van der Waals surface area contributed by atoms with Crippen LogP contribution in [0.5, 0.6) is 5.75 Å². The Kier molecular flexibility index (Phi) is 4.51. The fourth-order valence-corrected chi connectivity index (χ4v) is 2.91. The highest BCUT2D eigenvalue weighted by Gasteiger charge is 2.26. The maximum atomic E-state index is 6.28. The average molecular weight is 282 g/mol. The molecule has 0 saturated carbocycles. The van der Waals surface area contributed by atoms with Crippen molar-refractivity contribution in [2.24, 2.45) is 5.92 Å². The number of hydrogen-bond acceptors (Lipinski definition) is 3. The van der Waals surface area contributed by atoms with E-state index in [2.05, 4.69) is 46.7 Å². The van der Waals surface area contributed by atoms with Gasteiger partial charge in [-0.15, -0.1) is 0 Å². The topological polar surface area (TPSA) is 34.1 Å². The van der Waals surface area contributed by atoms with Crippen molar-refractivity contribution in [2.45, 2.75) is 25.9 Å². The Hall–Kier alpha value is -1.87. The van der Waals surface area contributed by atoms with Crippen LogP contribution in [0.2, 0.25) is 0 Å². The second-order valence-corrected chi connectivity index (χ2v) is 5.80. The van der Waals surface area contributed by atoms with Gasteiger partial charge < -0.3 is 10.1 Å². The molecule has 0 aliphatic carbocycles. The van der Waals surface area contributed by atoms with E-state index in [1.54, 1.807) is 0 Å². The minimum atomic E-state index is 0.200. The summed E-state index contributed by atoms with van der Waals surface area (Å²) in [4.78, 5) is 4.23. The van der Waals surface area contributed by atoms with E-state index in [0.29, 0.717) is 5.92 Å². The van der Waals surface area contributed by atoms with Crippen molar-refractivity contribution in [3.63, 3.8) is 0 Å². The number of aryl methyl sites for hydroxylation is 1. The number of aromatic nitrogens is 1. The molecule has 1 saturated heterocycles. The second-order valence-electron chi connectivity index (χ2n) is 5.80. The van der Waals surface area contributed by atoms with Gasteiger partial charge in [-0.3, -0.25) is 4.98 Å². The third-order valence-corrected chi connectivity index (χ3v) is 4.04. The highest BCUT2D eigenvalue weighted by atomic mass is 16.5. The first kappa shape index (κ1) is 14.1. The van der Waals surface area contributed by atoms with Crippen molar-refractivity contribution < 1.29 is 4.74 Å². The standard InChI is InChI=1S/C18H22N2O/c1-14-9-17(13-20-11-14)21-18(16-7-8-19-12-16)10-15-5-3-2-4-6-15/h2-6,9,11,13,16,18-19H,7-8,10,12H2,1H3. The quantitative estimate of drug-likeness (QED) is 0.915. The van der Waals surface area contributed by atoms with Gasteiger partial charge in [0.15, 0.2) is 0 Å². The second kappa shape index (κ2) is 6.72. The lowest BCUT2D eigenvalue weighted by atomic mass is 9.95. The molecule has 2 unspecified atom stereocenters. The normalized spacial score (nSPS) is 19.4. The lowest BCUT2D eigenvalue weighted by molar-refractivity contribution is 0.142. The molecule has 1 aliphatic rings. The minimum Gasteiger partial charge on any atom is -0.488 e. The molecule has 0 spiro atoms. The molecule has 2 atom stereocenters. The van der Waals surface area contributed by atoms with Crippen LogP contribution in [0.15, 0.2) is 48.8 Å². The highest BCUT2D eigenvalue weighted by Crippen LogP contribution is 2.23. The van der Waals surface area contributed by atoms with Crippen molar-refractivity contribution in [3.8, 4) is 5.75 Å². The van der Waals surface area contributed by atoms with Crippen LogP contribution in [0, 0.1) is 12.8 Å². The molecule has 3 rings (SSSR count). The largest absolute Gasteiger partial charge is 0.488 e. The van der Waals surface area contributed by atoms with Gasteiger partial charge >= 0.3 is 0 Å². The minimum absolute atomic E-state index is 0.200. The molecule has 3 heteroatoms. The maximum Gasteiger partial charge on any atom is 0.138 e. The molecule has 1 aromatic carbocycles. The van der Waals surface area contributed by atoms with Gasteiger partial charge in [0.25, 0.3) is 0 Å². The lowest BCUT2D eigenvalue weighted by Crippen LogP contribution is -2.31. The maximum absolute atomic E-state index is 6.28. The lowest BCUT2D eigenvalue weighted by Gasteiger charge is -2.24. The zero-order chi connectivity index (χ0) is 14.5. The Morgan fingerprint density at radius 3 is 2.86 bits per heavy atom. The average Bonchev–Trinajstić information content (AvgIpc) is 3.02. The Labute approximate surface area is 126 Å². The SMILES string of the molecule is Cc1cncc(OC(Cc2ccccc2)C2CCNC2)c1. The highest BCUT2D eigenvalue weighted by molar-refractivity contribution is 5.23. The molecule has 2 aromatic rings. The Morgan fingerprint density at radius 1 is 1.29 bits per heavy atom. The van der Waals surface area contributed by atoms with Crippen LogP contribution in [0.1, 0.15) is 17.5 Å². The van der Waals surface area contributed by atoms with Crippen LogP contribution in [0.3, 0.4) is 0 Å². The number of rotatable bonds is 5. The molecule has 1 aromatic heterocycles. The molecular weight excluding hydrogens is 260 g/mol. The molecular formula is C18H22N2O. The molecule has 2 heterocycles. The first-order valence-electron chi connectivity index (χ1n) is 7.64. The van der Waals surface area contributed by atoms with E-state index in [0.717, 1.165) is 30.8 Å². The number of hydrogen-bond donors (Lipinski definition) is 1. The van der Waals surface area contributed by atoms with E-state index in [9.17, 15) is 0 Å². The van der Waals surface area contributed by atoms with Gasteiger partial charge in [0, 0.05) is 25.1 Å². The Balaban J connectivity index is 1.75. The van der Waals surface area contributed by atoms with Crippen molar-refractivity contribution in [1.82, 2.24) is 10.3 Å². The van der Waals surface area contributed by atoms with Crippen molar-refractivity contribution in [1.29, 1.82) is 0 Å². The van der Waals surface area contributed by atoms with Crippen LogP contribution in [-0.2, 0) is 6.42 Å². The number of pyridine rings is 1. The van der Waals surface area contributed by atoms with E-state index in [1.807, 2.05) is 19.3 Å². The molecule has 1 fully saturated rings. The summed E-state index contributed by atoms with van der Waals surface area (Å²) >= 11 is 0. The predicted molar refractivity (Wildman–Crippen MR) is 84.5 cm³/mol. The monoisotopic (exact) mass is 282 g/mol. The summed E-state index contributed by atoms with van der Waals surface area (Å²) < 4.78 is 6.28. The van der Waals surface area contributed by atoms with Crippen LogP contribution in [0.25, 0.3) is 0 Å². The van der Waals surface area contributed by atoms with Crippen LogP contribution in [0.4, 0.5) is 0 Å². The van der Waals surface area contributed by atoms with Crippen molar-refractivity contribution >= 4 is 0 Å². The summed E-state index contributed by atoms with van der Waals surface area (Å²) in [5.41, 5.74) is 2.46. The fraction of sp³-hybridized carbons (Fsp3) is 0.389. The van der Waals surface area contributed by atoms with E-state index < -0.39 is 0 Å². The van der Waals surface area contributed by atoms with E-state index in [-0.39, 0.29) is 6.10 Å². The van der Waals surface area contributed by atoms with Gasteiger partial charge in [-0.1, -0.05) is 30.3 Å². The molecule has 1 N–H and O–H groups in total. The number of ether oxygens (including phenoxy) is 1. The molecule has 3 nitrogen and oxygen atoms in total. The number of benzene rings is 1. The third kappa shape index (κ3) is 3.82. The molecule has 21 heavy (non-hydrogen) atoms. The summed E-state index contributed by atoms with van der Waals surface area (Å²) in [5.74, 6) is 1.44. The smallest absolute Gasteiger partial charge is 0.138 e. The predicted octanol–water partition coefficient (Wildman–Crippen LogP) is 2.99. The van der Waals surface area contributed by atoms with Crippen LogP contribution >= 0.6 is 0 Å². The van der Waals surface area contributed by atoms with E-state index in [1.165, 1.54) is 12.0 Å². The van der Waals surface area contributed by atoms with Gasteiger partial charge in [-0.05, 0) is 37.1 Å². The van der Waals surface area contributed by atoms with Crippen LogP contribution < -0.4 is 10.1 Å². The fourth-order valence-electron chi connectivity index (χ4n) is 2.91. The zero-order valence-electron chi connectivity index (χ0n) is 12.5. The summed E-state index contributed by atoms with van der Waals surface area (Å²) in [5, 5.41) is 3.44. The summed E-state index contributed by atoms with van der Waals surface area (Å²) in [6.07, 6.45) is 5.99. The van der Waals surface area contributed by atoms with E-state index in [4.69, 9.17) is 4.74 Å². The zero-order valence-corrected chi connectivity index (χ0v) is 12.5. The molecule has 1 aliphatic heterocycles. The Morgan fingerprint density at radius 2 is 2.14 bits per heavy atom. The first-order chi connectivity index (χ1) is 10.3. The van der Waals surface area contributed by atoms with Crippen molar-refractivity contribution in [2.75, 3.05) is 13.1 Å². The third-order valence-electron chi connectivity index (χ3n) is 4.04. The molecule has 110 valence electrons. The van der Waals surface area contributed by atoms with Gasteiger partial charge in [0.05, 0.1) is 6.20 Å². The van der Waals surface area contributed by atoms with Crippen molar-refractivity contribution in [3.05, 3.63) is 59.9 Å². The number of nitrogens with one attached hydrogen (secondary N) is 1. The van der Waals surface area contributed by atoms with Gasteiger partial charge in [0.1, 0.15) is 11.9 Å². The van der Waals surface area contributed by atoms with Gasteiger partial charge in [-0.25, -0.2) is 0 Å². The molecule has 0 amide bonds. The summed E-state index contributed by atoms with van der Waals surface area (Å²) in [7, 11) is 0. The Bertz CT molecular complexity index is 564. The number of nitrogens with zero attached hydrogens (tertiary/aromatic N) is 1. The molecule has 0 bridgehead atoms. The van der Waals surface area contributed by atoms with Gasteiger partial charge in [-0.2, -0.15) is 0 Å². The summed E-state index contributed by atoms with van der Waals surface area (Å²) in [6, 6.07) is 12.6. The summed E-state index contributed by atoms with van der Waals surface area (Å²) in [6.45, 7) is 4.17. The van der Waals surface area contributed by atoms with Crippen LogP contribution in [-0.4, -0.2) is 24.2 Å². The first-order valence-corrected chi connectivity index (χ1v) is 7.64. The molecule has 0 radical (unpaired) electrons. The van der Waals surface area contributed by atoms with Gasteiger partial charge in [0.2, 0.25) is 0 Å².